The number of hydrogen-bond donors (Lipinski definition) is 1. The minimum atomic E-state index is -1.42. The van der Waals surface area contributed by atoms with Gasteiger partial charge in [-0.25, -0.2) is 13.2 Å². The number of benzene rings is 1. The summed E-state index contributed by atoms with van der Waals surface area (Å²) in [4.78, 5) is 0. The normalized spacial score (nSPS) is 10.9. The molecule has 1 rings (SSSR count). The first kappa shape index (κ1) is 12.9. The summed E-state index contributed by atoms with van der Waals surface area (Å²) in [6.45, 7) is 4.64. The molecule has 0 amide bonds. The lowest BCUT2D eigenvalue weighted by atomic mass is 10.0. The summed E-state index contributed by atoms with van der Waals surface area (Å²) >= 11 is 0. The van der Waals surface area contributed by atoms with E-state index in [4.69, 9.17) is 0 Å². The van der Waals surface area contributed by atoms with Gasteiger partial charge in [-0.1, -0.05) is 26.7 Å². The summed E-state index contributed by atoms with van der Waals surface area (Å²) in [5.74, 6) is -3.32. The van der Waals surface area contributed by atoms with E-state index in [-0.39, 0.29) is 5.69 Å². The molecule has 0 spiro atoms. The average molecular weight is 231 g/mol. The molecular weight excluding hydrogens is 215 g/mol. The molecule has 0 bridgehead atoms. The van der Waals surface area contributed by atoms with Crippen molar-refractivity contribution < 1.29 is 13.2 Å². The average Bonchev–Trinajstić information content (AvgIpc) is 2.30. The summed E-state index contributed by atoms with van der Waals surface area (Å²) in [5, 5.41) is 2.80. The predicted molar refractivity (Wildman–Crippen MR) is 58.9 cm³/mol. The molecule has 0 unspecified atom stereocenters. The molecular formula is C12H16F3N. The van der Waals surface area contributed by atoms with Crippen molar-refractivity contribution in [2.75, 3.05) is 11.9 Å². The van der Waals surface area contributed by atoms with Gasteiger partial charge in [0.05, 0.1) is 5.69 Å². The van der Waals surface area contributed by atoms with Crippen molar-refractivity contribution in [3.63, 3.8) is 0 Å². The quantitative estimate of drug-likeness (QED) is 0.756. The monoisotopic (exact) mass is 231 g/mol. The number of rotatable bonds is 5. The second-order valence-corrected chi connectivity index (χ2v) is 3.79. The van der Waals surface area contributed by atoms with Crippen molar-refractivity contribution in [2.45, 2.75) is 26.7 Å². The maximum absolute atomic E-state index is 13.2. The van der Waals surface area contributed by atoms with Crippen LogP contribution in [-0.4, -0.2) is 6.54 Å². The van der Waals surface area contributed by atoms with Crippen molar-refractivity contribution in [3.05, 3.63) is 29.6 Å². The van der Waals surface area contributed by atoms with Crippen molar-refractivity contribution in [1.82, 2.24) is 0 Å². The molecule has 0 aliphatic heterocycles. The van der Waals surface area contributed by atoms with E-state index >= 15 is 0 Å². The second-order valence-electron chi connectivity index (χ2n) is 3.79. The van der Waals surface area contributed by atoms with E-state index in [1.54, 1.807) is 0 Å². The van der Waals surface area contributed by atoms with Crippen molar-refractivity contribution in [3.8, 4) is 0 Å². The molecule has 0 saturated heterocycles. The molecule has 0 radical (unpaired) electrons. The van der Waals surface area contributed by atoms with Gasteiger partial charge in [0.2, 0.25) is 0 Å². The highest BCUT2D eigenvalue weighted by Crippen LogP contribution is 2.20. The summed E-state index contributed by atoms with van der Waals surface area (Å²) in [7, 11) is 0. The third kappa shape index (κ3) is 2.90. The number of nitrogens with one attached hydrogen (secondary N) is 1. The summed E-state index contributed by atoms with van der Waals surface area (Å²) < 4.78 is 38.8. The number of halogens is 3. The lowest BCUT2D eigenvalue weighted by molar-refractivity contribution is 0.447. The van der Waals surface area contributed by atoms with Crippen LogP contribution in [0.1, 0.15) is 26.7 Å². The van der Waals surface area contributed by atoms with Gasteiger partial charge in [-0.2, -0.15) is 0 Å². The summed E-state index contributed by atoms with van der Waals surface area (Å²) in [6.07, 6.45) is 1.93. The lowest BCUT2D eigenvalue weighted by Crippen LogP contribution is -2.14. The van der Waals surface area contributed by atoms with Crippen LogP contribution in [0.4, 0.5) is 18.9 Å². The fraction of sp³-hybridized carbons (Fsp3) is 0.500. The van der Waals surface area contributed by atoms with Gasteiger partial charge < -0.3 is 5.32 Å². The molecule has 0 fully saturated rings. The molecule has 4 heteroatoms. The zero-order valence-electron chi connectivity index (χ0n) is 9.49. The van der Waals surface area contributed by atoms with E-state index in [0.717, 1.165) is 18.9 Å². The van der Waals surface area contributed by atoms with Gasteiger partial charge in [0.1, 0.15) is 0 Å². The molecule has 16 heavy (non-hydrogen) atoms. The van der Waals surface area contributed by atoms with Crippen LogP contribution in [-0.2, 0) is 0 Å². The van der Waals surface area contributed by atoms with Gasteiger partial charge in [0.25, 0.3) is 0 Å². The Labute approximate surface area is 93.7 Å². The van der Waals surface area contributed by atoms with Crippen LogP contribution in [0.25, 0.3) is 0 Å². The van der Waals surface area contributed by atoms with Crippen LogP contribution in [0.2, 0.25) is 0 Å². The van der Waals surface area contributed by atoms with Gasteiger partial charge >= 0.3 is 0 Å². The zero-order valence-corrected chi connectivity index (χ0v) is 9.49. The number of hydrogen-bond acceptors (Lipinski definition) is 1. The molecule has 1 aromatic rings. The molecule has 1 nitrogen and oxygen atoms in total. The fourth-order valence-corrected chi connectivity index (χ4v) is 1.49. The Morgan fingerprint density at radius 2 is 1.69 bits per heavy atom. The molecule has 0 saturated carbocycles. The second kappa shape index (κ2) is 5.77. The van der Waals surface area contributed by atoms with E-state index in [2.05, 4.69) is 5.32 Å². The zero-order chi connectivity index (χ0) is 12.1. The first-order valence-corrected chi connectivity index (χ1v) is 5.47. The molecule has 1 N–H and O–H groups in total. The molecule has 0 aliphatic rings. The van der Waals surface area contributed by atoms with Crippen LogP contribution < -0.4 is 5.32 Å². The highest BCUT2D eigenvalue weighted by atomic mass is 19.2. The fourth-order valence-electron chi connectivity index (χ4n) is 1.49. The van der Waals surface area contributed by atoms with E-state index in [1.165, 1.54) is 6.07 Å². The van der Waals surface area contributed by atoms with E-state index < -0.39 is 17.5 Å². The van der Waals surface area contributed by atoms with Gasteiger partial charge in [-0.3, -0.25) is 0 Å². The van der Waals surface area contributed by atoms with Crippen LogP contribution in [0.15, 0.2) is 12.1 Å². The first-order chi connectivity index (χ1) is 7.60. The Morgan fingerprint density at radius 1 is 1.06 bits per heavy atom. The standard InChI is InChI=1S/C12H16F3N/c1-3-8(4-2)7-16-10-6-5-9(13)11(14)12(10)15/h5-6,8,16H,3-4,7H2,1-2H3. The van der Waals surface area contributed by atoms with Crippen molar-refractivity contribution in [1.29, 1.82) is 0 Å². The molecule has 0 aliphatic carbocycles. The molecule has 90 valence electrons. The summed E-state index contributed by atoms with van der Waals surface area (Å²) in [6, 6.07) is 2.14. The van der Waals surface area contributed by atoms with Crippen LogP contribution >= 0.6 is 0 Å². The van der Waals surface area contributed by atoms with Crippen molar-refractivity contribution >= 4 is 5.69 Å². The van der Waals surface area contributed by atoms with Crippen LogP contribution in [0.5, 0.6) is 0 Å². The van der Waals surface area contributed by atoms with Gasteiger partial charge in [-0.15, -0.1) is 0 Å². The SMILES string of the molecule is CCC(CC)CNc1ccc(F)c(F)c1F. The van der Waals surface area contributed by atoms with Gasteiger partial charge in [0, 0.05) is 6.54 Å². The Balaban J connectivity index is 2.71. The molecule has 0 heterocycles. The maximum atomic E-state index is 13.2. The minimum absolute atomic E-state index is 0.0193. The Hall–Kier alpha value is -1.19. The smallest absolute Gasteiger partial charge is 0.196 e. The Bertz CT molecular complexity index is 348. The maximum Gasteiger partial charge on any atom is 0.196 e. The third-order valence-corrected chi connectivity index (χ3v) is 2.77. The van der Waals surface area contributed by atoms with Crippen LogP contribution in [0, 0.1) is 23.4 Å². The molecule has 0 aromatic heterocycles. The highest BCUT2D eigenvalue weighted by Gasteiger charge is 2.13. The Kier molecular flexibility index (Phi) is 4.65. The van der Waals surface area contributed by atoms with E-state index in [0.29, 0.717) is 12.5 Å². The topological polar surface area (TPSA) is 12.0 Å². The third-order valence-electron chi connectivity index (χ3n) is 2.77. The lowest BCUT2D eigenvalue weighted by Gasteiger charge is -2.14. The number of anilines is 1. The molecule has 0 atom stereocenters. The summed E-state index contributed by atoms with van der Waals surface area (Å²) in [5.41, 5.74) is 0.0193. The van der Waals surface area contributed by atoms with E-state index in [1.807, 2.05) is 13.8 Å². The largest absolute Gasteiger partial charge is 0.382 e. The highest BCUT2D eigenvalue weighted by molar-refractivity contribution is 5.45. The van der Waals surface area contributed by atoms with Crippen molar-refractivity contribution in [2.24, 2.45) is 5.92 Å². The van der Waals surface area contributed by atoms with E-state index in [9.17, 15) is 13.2 Å². The molecule has 1 aromatic carbocycles. The van der Waals surface area contributed by atoms with Crippen LogP contribution in [0.3, 0.4) is 0 Å². The van der Waals surface area contributed by atoms with Gasteiger partial charge in [-0.05, 0) is 18.1 Å². The first-order valence-electron chi connectivity index (χ1n) is 5.47. The predicted octanol–water partition coefficient (Wildman–Crippen LogP) is 3.95. The minimum Gasteiger partial charge on any atom is -0.382 e. The van der Waals surface area contributed by atoms with Gasteiger partial charge in [0.15, 0.2) is 17.5 Å². The Morgan fingerprint density at radius 3 is 2.25 bits per heavy atom.